The third-order valence-electron chi connectivity index (χ3n) is 3.85. The molecule has 0 aromatic heterocycles. The quantitative estimate of drug-likeness (QED) is 0.675. The number of hydrogen-bond donors (Lipinski definition) is 1. The molecule has 1 aromatic carbocycles. The molecule has 1 saturated heterocycles. The van der Waals surface area contributed by atoms with Crippen LogP contribution >= 0.6 is 11.8 Å². The van der Waals surface area contributed by atoms with Gasteiger partial charge < -0.3 is 5.32 Å². The van der Waals surface area contributed by atoms with E-state index in [0.717, 1.165) is 11.4 Å². The van der Waals surface area contributed by atoms with Crippen LogP contribution in [0.5, 0.6) is 0 Å². The highest BCUT2D eigenvalue weighted by Crippen LogP contribution is 2.36. The summed E-state index contributed by atoms with van der Waals surface area (Å²) in [5.41, 5.74) is 2.13. The van der Waals surface area contributed by atoms with Gasteiger partial charge in [-0.15, -0.1) is 0 Å². The fraction of sp³-hybridized carbons (Fsp3) is 0.571. The number of benzene rings is 1. The topological polar surface area (TPSA) is 55.2 Å². The molecule has 0 saturated carbocycles. The molecule has 2 rings (SSSR count). The van der Waals surface area contributed by atoms with Gasteiger partial charge in [0.05, 0.1) is 4.92 Å². The standard InChI is InChI=1S/C14H20N2O2S/c1-10-8-11(4-5-12(10)16(17)18)15-13-9-19-7-6-14(13,2)3/h4-5,8,13,15H,6-7,9H2,1-3H3. The minimum Gasteiger partial charge on any atom is -0.381 e. The predicted octanol–water partition coefficient (Wildman–Crippen LogP) is 3.85. The molecule has 1 aliphatic rings. The molecular weight excluding hydrogens is 260 g/mol. The summed E-state index contributed by atoms with van der Waals surface area (Å²) >= 11 is 1.97. The van der Waals surface area contributed by atoms with Gasteiger partial charge in [0.2, 0.25) is 0 Å². The minimum atomic E-state index is -0.334. The lowest BCUT2D eigenvalue weighted by atomic mass is 9.82. The zero-order valence-corrected chi connectivity index (χ0v) is 12.4. The van der Waals surface area contributed by atoms with Crippen LogP contribution in [0, 0.1) is 22.5 Å². The molecule has 4 nitrogen and oxygen atoms in total. The number of nitro benzene ring substituents is 1. The molecule has 1 N–H and O–H groups in total. The lowest BCUT2D eigenvalue weighted by Crippen LogP contribution is -2.41. The highest BCUT2D eigenvalue weighted by molar-refractivity contribution is 7.99. The van der Waals surface area contributed by atoms with E-state index in [-0.39, 0.29) is 16.0 Å². The number of anilines is 1. The van der Waals surface area contributed by atoms with Gasteiger partial charge in [-0.1, -0.05) is 13.8 Å². The van der Waals surface area contributed by atoms with Crippen molar-refractivity contribution >= 4 is 23.1 Å². The average Bonchev–Trinajstić information content (AvgIpc) is 2.31. The summed E-state index contributed by atoms with van der Waals surface area (Å²) in [7, 11) is 0. The Bertz CT molecular complexity index is 488. The average molecular weight is 280 g/mol. The molecular formula is C14H20N2O2S. The van der Waals surface area contributed by atoms with Crippen molar-refractivity contribution in [2.45, 2.75) is 33.2 Å². The summed E-state index contributed by atoms with van der Waals surface area (Å²) in [5, 5.41) is 14.3. The van der Waals surface area contributed by atoms with Crippen LogP contribution in [0.25, 0.3) is 0 Å². The van der Waals surface area contributed by atoms with Crippen molar-refractivity contribution < 1.29 is 4.92 Å². The first kappa shape index (κ1) is 14.2. The smallest absolute Gasteiger partial charge is 0.272 e. The number of nitrogens with one attached hydrogen (secondary N) is 1. The highest BCUT2D eigenvalue weighted by atomic mass is 32.2. The first-order valence-electron chi connectivity index (χ1n) is 6.49. The molecule has 0 radical (unpaired) electrons. The first-order valence-corrected chi connectivity index (χ1v) is 7.65. The maximum Gasteiger partial charge on any atom is 0.272 e. The van der Waals surface area contributed by atoms with Gasteiger partial charge in [0.15, 0.2) is 0 Å². The fourth-order valence-electron chi connectivity index (χ4n) is 2.32. The molecule has 1 fully saturated rings. The Morgan fingerprint density at radius 2 is 2.21 bits per heavy atom. The molecule has 1 atom stereocenters. The Labute approximate surface area is 118 Å². The summed E-state index contributed by atoms with van der Waals surface area (Å²) in [6, 6.07) is 5.67. The van der Waals surface area contributed by atoms with Gasteiger partial charge in [-0.05, 0) is 36.6 Å². The lowest BCUT2D eigenvalue weighted by molar-refractivity contribution is -0.385. The Morgan fingerprint density at radius 1 is 1.47 bits per heavy atom. The maximum absolute atomic E-state index is 10.8. The molecule has 1 aromatic rings. The van der Waals surface area contributed by atoms with Crippen molar-refractivity contribution in [1.29, 1.82) is 0 Å². The number of aryl methyl sites for hydroxylation is 1. The largest absolute Gasteiger partial charge is 0.381 e. The van der Waals surface area contributed by atoms with Crippen molar-refractivity contribution in [3.8, 4) is 0 Å². The second-order valence-corrected chi connectivity index (χ2v) is 6.92. The van der Waals surface area contributed by atoms with E-state index in [4.69, 9.17) is 0 Å². The number of rotatable bonds is 3. The molecule has 0 aliphatic carbocycles. The minimum absolute atomic E-state index is 0.183. The van der Waals surface area contributed by atoms with Gasteiger partial charge in [-0.25, -0.2) is 0 Å². The van der Waals surface area contributed by atoms with E-state index in [1.165, 1.54) is 12.2 Å². The van der Waals surface area contributed by atoms with E-state index in [1.54, 1.807) is 19.1 Å². The zero-order valence-electron chi connectivity index (χ0n) is 11.6. The van der Waals surface area contributed by atoms with Crippen molar-refractivity contribution in [3.63, 3.8) is 0 Å². The molecule has 1 heterocycles. The molecule has 104 valence electrons. The molecule has 0 amide bonds. The van der Waals surface area contributed by atoms with E-state index in [0.29, 0.717) is 11.6 Å². The van der Waals surface area contributed by atoms with Crippen molar-refractivity contribution in [1.82, 2.24) is 0 Å². The third-order valence-corrected chi connectivity index (χ3v) is 4.91. The van der Waals surface area contributed by atoms with E-state index in [2.05, 4.69) is 19.2 Å². The Balaban J connectivity index is 2.15. The van der Waals surface area contributed by atoms with Gasteiger partial charge >= 0.3 is 0 Å². The molecule has 0 spiro atoms. The van der Waals surface area contributed by atoms with Crippen LogP contribution in [-0.4, -0.2) is 22.5 Å². The summed E-state index contributed by atoms with van der Waals surface area (Å²) in [4.78, 5) is 10.5. The van der Waals surface area contributed by atoms with Crippen LogP contribution < -0.4 is 5.32 Å². The van der Waals surface area contributed by atoms with Gasteiger partial charge in [-0.2, -0.15) is 11.8 Å². The van der Waals surface area contributed by atoms with Crippen LogP contribution in [0.1, 0.15) is 25.8 Å². The van der Waals surface area contributed by atoms with Crippen molar-refractivity contribution in [3.05, 3.63) is 33.9 Å². The normalized spacial score (nSPS) is 21.9. The second kappa shape index (κ2) is 5.41. The molecule has 19 heavy (non-hydrogen) atoms. The van der Waals surface area contributed by atoms with E-state index >= 15 is 0 Å². The van der Waals surface area contributed by atoms with E-state index in [9.17, 15) is 10.1 Å². The van der Waals surface area contributed by atoms with Crippen LogP contribution in [0.15, 0.2) is 18.2 Å². The summed E-state index contributed by atoms with van der Waals surface area (Å²) in [6.45, 7) is 6.34. The third kappa shape index (κ3) is 3.21. The number of nitro groups is 1. The van der Waals surface area contributed by atoms with Crippen molar-refractivity contribution in [2.24, 2.45) is 5.41 Å². The van der Waals surface area contributed by atoms with E-state index < -0.39 is 0 Å². The summed E-state index contributed by atoms with van der Waals surface area (Å²) in [6.07, 6.45) is 1.20. The first-order chi connectivity index (χ1) is 8.90. The second-order valence-electron chi connectivity index (χ2n) is 5.77. The maximum atomic E-state index is 10.8. The zero-order chi connectivity index (χ0) is 14.0. The van der Waals surface area contributed by atoms with Crippen LogP contribution in [0.3, 0.4) is 0 Å². The Kier molecular flexibility index (Phi) is 4.04. The Morgan fingerprint density at radius 3 is 2.79 bits per heavy atom. The van der Waals surface area contributed by atoms with Crippen LogP contribution in [-0.2, 0) is 0 Å². The van der Waals surface area contributed by atoms with Gasteiger partial charge in [-0.3, -0.25) is 10.1 Å². The fourth-order valence-corrected chi connectivity index (χ4v) is 3.93. The lowest BCUT2D eigenvalue weighted by Gasteiger charge is -2.39. The summed E-state index contributed by atoms with van der Waals surface area (Å²) < 4.78 is 0. The molecule has 5 heteroatoms. The van der Waals surface area contributed by atoms with E-state index in [1.807, 2.05) is 17.8 Å². The van der Waals surface area contributed by atoms with Crippen LogP contribution in [0.2, 0.25) is 0 Å². The number of thioether (sulfide) groups is 1. The number of nitrogens with zero attached hydrogens (tertiary/aromatic N) is 1. The van der Waals surface area contributed by atoms with Gasteiger partial charge in [0.1, 0.15) is 0 Å². The molecule has 1 unspecified atom stereocenters. The van der Waals surface area contributed by atoms with Crippen LogP contribution in [0.4, 0.5) is 11.4 Å². The monoisotopic (exact) mass is 280 g/mol. The molecule has 1 aliphatic heterocycles. The Hall–Kier alpha value is -1.23. The SMILES string of the molecule is Cc1cc(NC2CSCCC2(C)C)ccc1[N+](=O)[O-]. The highest BCUT2D eigenvalue weighted by Gasteiger charge is 2.32. The predicted molar refractivity (Wildman–Crippen MR) is 81.0 cm³/mol. The summed E-state index contributed by atoms with van der Waals surface area (Å²) in [5.74, 6) is 2.30. The van der Waals surface area contributed by atoms with Gasteiger partial charge in [0.25, 0.3) is 5.69 Å². The van der Waals surface area contributed by atoms with Gasteiger partial charge in [0, 0.05) is 29.1 Å². The molecule has 0 bridgehead atoms. The number of hydrogen-bond acceptors (Lipinski definition) is 4. The van der Waals surface area contributed by atoms with Crippen molar-refractivity contribution in [2.75, 3.05) is 16.8 Å².